The average Bonchev–Trinajstić information content (AvgIpc) is 2.90. The van der Waals surface area contributed by atoms with Crippen molar-refractivity contribution in [3.05, 3.63) is 53.9 Å². The Labute approximate surface area is 153 Å². The van der Waals surface area contributed by atoms with Crippen molar-refractivity contribution >= 4 is 30.7 Å². The van der Waals surface area contributed by atoms with Gasteiger partial charge >= 0.3 is 0 Å². The predicted octanol–water partition coefficient (Wildman–Crippen LogP) is 2.74. The van der Waals surface area contributed by atoms with Crippen LogP contribution in [-0.4, -0.2) is 21.5 Å². The highest BCUT2D eigenvalue weighted by Gasteiger charge is 2.23. The Morgan fingerprint density at radius 3 is 2.67 bits per heavy atom. The first-order chi connectivity index (χ1) is 10.5. The molecule has 0 radical (unpaired) electrons. The lowest BCUT2D eigenvalue weighted by atomic mass is 10.0. The third-order valence-electron chi connectivity index (χ3n) is 3.52. The molecule has 1 aromatic carbocycles. The van der Waals surface area contributed by atoms with Gasteiger partial charge in [0.2, 0.25) is 5.91 Å². The van der Waals surface area contributed by atoms with E-state index in [-0.39, 0.29) is 36.5 Å². The number of nitrogens with zero attached hydrogens (tertiary/aromatic N) is 2. The molecule has 0 saturated heterocycles. The molecular formula is C16H23Cl2FN4O. The van der Waals surface area contributed by atoms with Gasteiger partial charge in [0.15, 0.2) is 0 Å². The van der Waals surface area contributed by atoms with Gasteiger partial charge in [0.1, 0.15) is 17.7 Å². The second-order valence-corrected chi connectivity index (χ2v) is 5.29. The van der Waals surface area contributed by atoms with E-state index in [0.29, 0.717) is 17.8 Å². The molecule has 1 amide bonds. The second kappa shape index (κ2) is 10.3. The quantitative estimate of drug-likeness (QED) is 0.813. The van der Waals surface area contributed by atoms with Gasteiger partial charge in [-0.05, 0) is 24.1 Å². The number of amides is 1. The molecule has 0 saturated carbocycles. The zero-order chi connectivity index (χ0) is 16.1. The van der Waals surface area contributed by atoms with Gasteiger partial charge in [-0.15, -0.1) is 24.8 Å². The molecule has 24 heavy (non-hydrogen) atoms. The molecule has 5 nitrogen and oxygen atoms in total. The van der Waals surface area contributed by atoms with Crippen LogP contribution in [0.4, 0.5) is 4.39 Å². The van der Waals surface area contributed by atoms with E-state index in [4.69, 9.17) is 5.73 Å². The highest BCUT2D eigenvalue weighted by molar-refractivity contribution is 5.85. The van der Waals surface area contributed by atoms with Gasteiger partial charge in [0, 0.05) is 19.4 Å². The summed E-state index contributed by atoms with van der Waals surface area (Å²) in [6.07, 6.45) is 4.84. The Kier molecular flexibility index (Phi) is 9.58. The van der Waals surface area contributed by atoms with Gasteiger partial charge in [-0.2, -0.15) is 0 Å². The van der Waals surface area contributed by atoms with Crippen molar-refractivity contribution in [2.75, 3.05) is 0 Å². The van der Waals surface area contributed by atoms with Crippen LogP contribution in [0.5, 0.6) is 0 Å². The fourth-order valence-corrected chi connectivity index (χ4v) is 2.33. The minimum atomic E-state index is -0.582. The highest BCUT2D eigenvalue weighted by Crippen LogP contribution is 2.21. The zero-order valence-corrected chi connectivity index (χ0v) is 15.2. The Bertz CT molecular complexity index is 651. The van der Waals surface area contributed by atoms with Crippen molar-refractivity contribution in [3.8, 4) is 0 Å². The molecule has 2 aromatic rings. The van der Waals surface area contributed by atoms with Crippen molar-refractivity contribution in [3.63, 3.8) is 0 Å². The zero-order valence-electron chi connectivity index (χ0n) is 13.6. The van der Waals surface area contributed by atoms with Gasteiger partial charge in [-0.25, -0.2) is 9.37 Å². The van der Waals surface area contributed by atoms with Crippen LogP contribution in [-0.2, 0) is 11.8 Å². The summed E-state index contributed by atoms with van der Waals surface area (Å²) < 4.78 is 15.3. The number of halogens is 3. The number of carbonyl (C=O) groups excluding carboxylic acids is 1. The fourth-order valence-electron chi connectivity index (χ4n) is 2.33. The Hall–Kier alpha value is -1.63. The molecular weight excluding hydrogens is 354 g/mol. The molecule has 0 aliphatic carbocycles. The van der Waals surface area contributed by atoms with Crippen molar-refractivity contribution in [1.82, 2.24) is 14.9 Å². The third kappa shape index (κ3) is 5.47. The normalized spacial score (nSPS) is 12.5. The summed E-state index contributed by atoms with van der Waals surface area (Å²) in [4.78, 5) is 16.5. The number of nitrogens with one attached hydrogen (secondary N) is 1. The Morgan fingerprint density at radius 2 is 2.12 bits per heavy atom. The number of nitrogens with two attached hydrogens (primary N) is 1. The SMILES string of the molecule is CCCC(N)C(=O)NC(c1cccc(F)c1)c1nccn1C.Cl.Cl. The molecule has 0 bridgehead atoms. The highest BCUT2D eigenvalue weighted by atomic mass is 35.5. The summed E-state index contributed by atoms with van der Waals surface area (Å²) in [7, 11) is 1.83. The number of rotatable bonds is 6. The maximum absolute atomic E-state index is 13.5. The van der Waals surface area contributed by atoms with Crippen molar-refractivity contribution in [1.29, 1.82) is 0 Å². The van der Waals surface area contributed by atoms with Crippen LogP contribution in [0.25, 0.3) is 0 Å². The molecule has 1 aromatic heterocycles. The lowest BCUT2D eigenvalue weighted by Crippen LogP contribution is -2.43. The van der Waals surface area contributed by atoms with Crippen LogP contribution in [0.2, 0.25) is 0 Å². The lowest BCUT2D eigenvalue weighted by Gasteiger charge is -2.21. The molecule has 8 heteroatoms. The Morgan fingerprint density at radius 1 is 1.42 bits per heavy atom. The van der Waals surface area contributed by atoms with Crippen molar-refractivity contribution in [2.45, 2.75) is 31.8 Å². The van der Waals surface area contributed by atoms with E-state index in [0.717, 1.165) is 6.42 Å². The van der Waals surface area contributed by atoms with Crippen molar-refractivity contribution < 1.29 is 9.18 Å². The average molecular weight is 377 g/mol. The first kappa shape index (κ1) is 22.4. The monoisotopic (exact) mass is 376 g/mol. The number of aromatic nitrogens is 2. The number of imidazole rings is 1. The summed E-state index contributed by atoms with van der Waals surface area (Å²) in [6, 6.07) is 5.01. The number of hydrogen-bond acceptors (Lipinski definition) is 3. The number of hydrogen-bond donors (Lipinski definition) is 2. The molecule has 1 heterocycles. The van der Waals surface area contributed by atoms with E-state index in [9.17, 15) is 9.18 Å². The van der Waals surface area contributed by atoms with Gasteiger partial charge in [-0.1, -0.05) is 25.5 Å². The first-order valence-electron chi connectivity index (χ1n) is 7.31. The molecule has 0 aliphatic heterocycles. The summed E-state index contributed by atoms with van der Waals surface area (Å²) in [6.45, 7) is 1.97. The van der Waals surface area contributed by atoms with Gasteiger partial charge in [-0.3, -0.25) is 4.79 Å². The number of benzene rings is 1. The molecule has 0 aliphatic rings. The van der Waals surface area contributed by atoms with Crippen LogP contribution in [0.3, 0.4) is 0 Å². The van der Waals surface area contributed by atoms with E-state index in [1.807, 2.05) is 14.0 Å². The van der Waals surface area contributed by atoms with Crippen molar-refractivity contribution in [2.24, 2.45) is 12.8 Å². The van der Waals surface area contributed by atoms with Crippen LogP contribution < -0.4 is 11.1 Å². The summed E-state index contributed by atoms with van der Waals surface area (Å²) in [5, 5.41) is 2.87. The molecule has 134 valence electrons. The molecule has 0 fully saturated rings. The smallest absolute Gasteiger partial charge is 0.237 e. The lowest BCUT2D eigenvalue weighted by molar-refractivity contribution is -0.123. The number of aryl methyl sites for hydroxylation is 1. The summed E-state index contributed by atoms with van der Waals surface area (Å²) >= 11 is 0. The first-order valence-corrected chi connectivity index (χ1v) is 7.31. The van der Waals surface area contributed by atoms with Gasteiger partial charge in [0.05, 0.1) is 6.04 Å². The van der Waals surface area contributed by atoms with E-state index in [2.05, 4.69) is 10.3 Å². The van der Waals surface area contributed by atoms with Gasteiger partial charge < -0.3 is 15.6 Å². The minimum absolute atomic E-state index is 0. The van der Waals surface area contributed by atoms with E-state index in [1.165, 1.54) is 12.1 Å². The molecule has 2 atom stereocenters. The maximum Gasteiger partial charge on any atom is 0.237 e. The molecule has 0 spiro atoms. The largest absolute Gasteiger partial charge is 0.341 e. The topological polar surface area (TPSA) is 72.9 Å². The van der Waals surface area contributed by atoms with E-state index < -0.39 is 12.1 Å². The molecule has 3 N–H and O–H groups in total. The summed E-state index contributed by atoms with van der Waals surface area (Å²) in [5.74, 6) is 0.00516. The summed E-state index contributed by atoms with van der Waals surface area (Å²) in [5.41, 5.74) is 6.49. The van der Waals surface area contributed by atoms with E-state index >= 15 is 0 Å². The predicted molar refractivity (Wildman–Crippen MR) is 97.0 cm³/mol. The second-order valence-electron chi connectivity index (χ2n) is 5.29. The maximum atomic E-state index is 13.5. The van der Waals surface area contributed by atoms with Crippen LogP contribution >= 0.6 is 24.8 Å². The molecule has 2 rings (SSSR count). The fraction of sp³-hybridized carbons (Fsp3) is 0.375. The van der Waals surface area contributed by atoms with Crippen LogP contribution in [0.1, 0.15) is 37.2 Å². The number of carbonyl (C=O) groups is 1. The van der Waals surface area contributed by atoms with Gasteiger partial charge in [0.25, 0.3) is 0 Å². The van der Waals surface area contributed by atoms with Crippen LogP contribution in [0.15, 0.2) is 36.7 Å². The Balaban J connectivity index is 0.00000264. The standard InChI is InChI=1S/C16H21FN4O.2ClH/c1-3-5-13(18)16(22)20-14(15-19-8-9-21(15)2)11-6-4-7-12(17)10-11;;/h4,6-10,13-14H,3,5,18H2,1-2H3,(H,20,22);2*1H. The van der Waals surface area contributed by atoms with E-state index in [1.54, 1.807) is 29.1 Å². The molecule has 2 unspecified atom stereocenters. The van der Waals surface area contributed by atoms with Crippen LogP contribution in [0, 0.1) is 5.82 Å². The minimum Gasteiger partial charge on any atom is -0.341 e. The third-order valence-corrected chi connectivity index (χ3v) is 3.52.